The van der Waals surface area contributed by atoms with Gasteiger partial charge in [0.25, 0.3) is 11.7 Å². The summed E-state index contributed by atoms with van der Waals surface area (Å²) in [5.74, 6) is 3.14. The molecule has 0 bridgehead atoms. The van der Waals surface area contributed by atoms with E-state index in [4.69, 9.17) is 4.74 Å². The van der Waals surface area contributed by atoms with Crippen LogP contribution < -0.4 is 9.64 Å². The van der Waals surface area contributed by atoms with Crippen LogP contribution in [-0.2, 0) is 11.2 Å². The molecular formula is C21H26N6O2. The fraction of sp³-hybridized carbons (Fsp3) is 0.429. The lowest BCUT2D eigenvalue weighted by molar-refractivity contribution is -0.138. The Balaban J connectivity index is 1.40. The first-order valence-electron chi connectivity index (χ1n) is 10.0. The number of carbonyl (C=O) groups excluding carboxylic acids is 1. The van der Waals surface area contributed by atoms with Gasteiger partial charge < -0.3 is 14.5 Å². The van der Waals surface area contributed by atoms with E-state index in [0.717, 1.165) is 36.8 Å². The maximum absolute atomic E-state index is 12.8. The van der Waals surface area contributed by atoms with Crippen LogP contribution in [0.25, 0.3) is 5.78 Å². The first kappa shape index (κ1) is 19.2. The van der Waals surface area contributed by atoms with E-state index in [-0.39, 0.29) is 5.91 Å². The molecular weight excluding hydrogens is 368 g/mol. The number of para-hydroxylation sites is 1. The first-order valence-corrected chi connectivity index (χ1v) is 10.0. The number of nitrogens with zero attached hydrogens (tertiary/aromatic N) is 6. The van der Waals surface area contributed by atoms with Crippen LogP contribution in [0.15, 0.2) is 36.4 Å². The largest absolute Gasteiger partial charge is 0.481 e. The number of fused-ring (bicyclic) bond motifs is 1. The van der Waals surface area contributed by atoms with Crippen molar-refractivity contribution in [1.82, 2.24) is 24.5 Å². The van der Waals surface area contributed by atoms with Gasteiger partial charge in [-0.3, -0.25) is 9.20 Å². The third kappa shape index (κ3) is 3.87. The lowest BCUT2D eigenvalue weighted by Crippen LogP contribution is -2.52. The molecule has 1 fully saturated rings. The fourth-order valence-electron chi connectivity index (χ4n) is 3.68. The number of aryl methyl sites for hydroxylation is 2. The predicted octanol–water partition coefficient (Wildman–Crippen LogP) is 2.11. The average molecular weight is 394 g/mol. The van der Waals surface area contributed by atoms with Crippen LogP contribution >= 0.6 is 0 Å². The average Bonchev–Trinajstić information content (AvgIpc) is 3.18. The van der Waals surface area contributed by atoms with Crippen LogP contribution in [0.3, 0.4) is 0 Å². The smallest absolute Gasteiger partial charge is 0.263 e. The zero-order valence-electron chi connectivity index (χ0n) is 17.1. The monoisotopic (exact) mass is 394 g/mol. The topological polar surface area (TPSA) is 75.9 Å². The van der Waals surface area contributed by atoms with Crippen molar-refractivity contribution in [2.24, 2.45) is 0 Å². The highest BCUT2D eigenvalue weighted by Gasteiger charge is 2.27. The maximum Gasteiger partial charge on any atom is 0.263 e. The van der Waals surface area contributed by atoms with Crippen molar-refractivity contribution >= 4 is 17.5 Å². The van der Waals surface area contributed by atoms with Gasteiger partial charge in [-0.15, -0.1) is 10.2 Å². The molecule has 4 rings (SSSR count). The molecule has 152 valence electrons. The van der Waals surface area contributed by atoms with E-state index in [0.29, 0.717) is 24.6 Å². The number of aromatic nitrogens is 4. The second-order valence-electron chi connectivity index (χ2n) is 7.25. The highest BCUT2D eigenvalue weighted by atomic mass is 16.5. The molecule has 3 aromatic rings. The zero-order chi connectivity index (χ0) is 20.4. The van der Waals surface area contributed by atoms with Crippen LogP contribution in [0.4, 0.5) is 5.82 Å². The Morgan fingerprint density at radius 2 is 1.86 bits per heavy atom. The van der Waals surface area contributed by atoms with Crippen LogP contribution in [0, 0.1) is 6.92 Å². The Kier molecular flexibility index (Phi) is 5.33. The van der Waals surface area contributed by atoms with Gasteiger partial charge in [0, 0.05) is 44.4 Å². The van der Waals surface area contributed by atoms with Crippen molar-refractivity contribution in [1.29, 1.82) is 0 Å². The number of hydrogen-bond acceptors (Lipinski definition) is 6. The summed E-state index contributed by atoms with van der Waals surface area (Å²) < 4.78 is 7.77. The molecule has 3 heterocycles. The molecule has 0 radical (unpaired) electrons. The summed E-state index contributed by atoms with van der Waals surface area (Å²) >= 11 is 0. The lowest BCUT2D eigenvalue weighted by Gasteiger charge is -2.36. The Bertz CT molecular complexity index is 995. The Hall–Kier alpha value is -3.16. The number of piperazine rings is 1. The minimum atomic E-state index is -0.510. The molecule has 2 aromatic heterocycles. The molecule has 1 unspecified atom stereocenters. The Morgan fingerprint density at radius 1 is 1.14 bits per heavy atom. The van der Waals surface area contributed by atoms with Gasteiger partial charge in [-0.25, -0.2) is 0 Å². The van der Waals surface area contributed by atoms with E-state index in [1.165, 1.54) is 0 Å². The standard InChI is InChI=1S/C21H26N6O2/c1-4-18-23-24-21-22-19(14-15(2)27(18)21)25-10-12-26(13-11-25)20(28)16(3)29-17-8-6-5-7-9-17/h5-9,14,16H,4,10-13H2,1-3H3. The van der Waals surface area contributed by atoms with E-state index in [1.807, 2.05) is 46.6 Å². The molecule has 1 amide bonds. The quantitative estimate of drug-likeness (QED) is 0.660. The molecule has 0 aliphatic carbocycles. The number of rotatable bonds is 5. The molecule has 0 saturated carbocycles. The van der Waals surface area contributed by atoms with Crippen molar-refractivity contribution in [3.05, 3.63) is 47.9 Å². The van der Waals surface area contributed by atoms with E-state index in [2.05, 4.69) is 33.1 Å². The highest BCUT2D eigenvalue weighted by Crippen LogP contribution is 2.19. The Morgan fingerprint density at radius 3 is 2.55 bits per heavy atom. The van der Waals surface area contributed by atoms with Crippen molar-refractivity contribution in [3.63, 3.8) is 0 Å². The normalized spacial score (nSPS) is 15.6. The van der Waals surface area contributed by atoms with Crippen LogP contribution in [0.5, 0.6) is 5.75 Å². The van der Waals surface area contributed by atoms with Gasteiger partial charge in [0.1, 0.15) is 17.4 Å². The minimum absolute atomic E-state index is 0.0122. The van der Waals surface area contributed by atoms with Crippen LogP contribution in [0.2, 0.25) is 0 Å². The van der Waals surface area contributed by atoms with Crippen molar-refractivity contribution < 1.29 is 9.53 Å². The molecule has 1 aliphatic heterocycles. The molecule has 29 heavy (non-hydrogen) atoms. The first-order chi connectivity index (χ1) is 14.1. The van der Waals surface area contributed by atoms with Crippen LogP contribution in [-0.4, -0.2) is 62.7 Å². The number of anilines is 1. The van der Waals surface area contributed by atoms with Crippen molar-refractivity contribution in [2.75, 3.05) is 31.1 Å². The molecule has 0 spiro atoms. The van der Waals surface area contributed by atoms with Gasteiger partial charge in [-0.1, -0.05) is 25.1 Å². The van der Waals surface area contributed by atoms with Crippen molar-refractivity contribution in [2.45, 2.75) is 33.3 Å². The molecule has 1 saturated heterocycles. The summed E-state index contributed by atoms with van der Waals surface area (Å²) in [5, 5.41) is 8.42. The maximum atomic E-state index is 12.8. The number of amides is 1. The van der Waals surface area contributed by atoms with Gasteiger partial charge in [0.2, 0.25) is 0 Å². The summed E-state index contributed by atoms with van der Waals surface area (Å²) in [7, 11) is 0. The second kappa shape index (κ2) is 8.06. The fourth-order valence-corrected chi connectivity index (χ4v) is 3.68. The molecule has 1 aromatic carbocycles. The third-order valence-electron chi connectivity index (χ3n) is 5.25. The number of hydrogen-bond donors (Lipinski definition) is 0. The summed E-state index contributed by atoms with van der Waals surface area (Å²) in [4.78, 5) is 21.5. The summed E-state index contributed by atoms with van der Waals surface area (Å²) in [6, 6.07) is 11.5. The number of ether oxygens (including phenoxy) is 1. The van der Waals surface area contributed by atoms with Gasteiger partial charge in [-0.2, -0.15) is 4.98 Å². The van der Waals surface area contributed by atoms with Gasteiger partial charge in [0.15, 0.2) is 6.10 Å². The van der Waals surface area contributed by atoms with E-state index in [9.17, 15) is 4.79 Å². The lowest BCUT2D eigenvalue weighted by atomic mass is 10.2. The SMILES string of the molecule is CCc1nnc2nc(N3CCN(C(=O)C(C)Oc4ccccc4)CC3)cc(C)n12. The van der Waals surface area contributed by atoms with Gasteiger partial charge in [0.05, 0.1) is 0 Å². The zero-order valence-corrected chi connectivity index (χ0v) is 17.1. The number of carbonyl (C=O) groups is 1. The van der Waals surface area contributed by atoms with E-state index in [1.54, 1.807) is 6.92 Å². The van der Waals surface area contributed by atoms with Gasteiger partial charge >= 0.3 is 0 Å². The molecule has 8 nitrogen and oxygen atoms in total. The van der Waals surface area contributed by atoms with Crippen molar-refractivity contribution in [3.8, 4) is 5.75 Å². The van der Waals surface area contributed by atoms with Gasteiger partial charge in [-0.05, 0) is 26.0 Å². The van der Waals surface area contributed by atoms with E-state index < -0.39 is 6.10 Å². The molecule has 1 aliphatic rings. The van der Waals surface area contributed by atoms with Crippen LogP contribution in [0.1, 0.15) is 25.4 Å². The predicted molar refractivity (Wildman–Crippen MR) is 110 cm³/mol. The molecule has 0 N–H and O–H groups in total. The summed E-state index contributed by atoms with van der Waals surface area (Å²) in [5.41, 5.74) is 1.07. The Labute approximate surface area is 170 Å². The minimum Gasteiger partial charge on any atom is -0.481 e. The highest BCUT2D eigenvalue weighted by molar-refractivity contribution is 5.81. The van der Waals surface area contributed by atoms with E-state index >= 15 is 0 Å². The molecule has 8 heteroatoms. The molecule has 1 atom stereocenters. The second-order valence-corrected chi connectivity index (χ2v) is 7.25. The summed E-state index contributed by atoms with van der Waals surface area (Å²) in [6.07, 6.45) is 0.302. The third-order valence-corrected chi connectivity index (χ3v) is 5.25. The summed E-state index contributed by atoms with van der Waals surface area (Å²) in [6.45, 7) is 8.63. The number of benzene rings is 1.